The predicted molar refractivity (Wildman–Crippen MR) is 85.4 cm³/mol. The number of benzene rings is 1. The molecular formula is C15H20ClN3S. The summed E-state index contributed by atoms with van der Waals surface area (Å²) in [5, 5.41) is 10.7. The van der Waals surface area contributed by atoms with Crippen LogP contribution in [-0.4, -0.2) is 14.8 Å². The number of halogens is 1. The molecule has 2 rings (SSSR count). The molecule has 20 heavy (non-hydrogen) atoms. The van der Waals surface area contributed by atoms with Crippen molar-refractivity contribution in [2.45, 2.75) is 43.5 Å². The van der Waals surface area contributed by atoms with E-state index in [4.69, 9.17) is 11.6 Å². The van der Waals surface area contributed by atoms with Gasteiger partial charge in [0.25, 0.3) is 0 Å². The van der Waals surface area contributed by atoms with Gasteiger partial charge in [0.2, 0.25) is 0 Å². The van der Waals surface area contributed by atoms with Crippen LogP contribution < -0.4 is 0 Å². The highest BCUT2D eigenvalue weighted by molar-refractivity contribution is 7.99. The number of hydrogen-bond donors (Lipinski definition) is 0. The Labute approximate surface area is 129 Å². The van der Waals surface area contributed by atoms with Crippen molar-refractivity contribution in [2.24, 2.45) is 7.05 Å². The highest BCUT2D eigenvalue weighted by Gasteiger charge is 2.17. The lowest BCUT2D eigenvalue weighted by Crippen LogP contribution is -2.02. The Bertz CT molecular complexity index is 563. The third kappa shape index (κ3) is 3.36. The average Bonchev–Trinajstić information content (AvgIpc) is 2.78. The zero-order valence-corrected chi connectivity index (χ0v) is 13.9. The molecule has 0 aliphatic carbocycles. The summed E-state index contributed by atoms with van der Waals surface area (Å²) in [6.45, 7) is 6.45. The Balaban J connectivity index is 2.20. The maximum Gasteiger partial charge on any atom is 0.191 e. The molecule has 1 aromatic heterocycles. The zero-order valence-electron chi connectivity index (χ0n) is 12.3. The first-order valence-corrected chi connectivity index (χ1v) is 8.10. The van der Waals surface area contributed by atoms with Crippen molar-refractivity contribution in [3.63, 3.8) is 0 Å². The van der Waals surface area contributed by atoms with Gasteiger partial charge in [-0.25, -0.2) is 0 Å². The summed E-state index contributed by atoms with van der Waals surface area (Å²) in [7, 11) is 2.03. The predicted octanol–water partition coefficient (Wildman–Crippen LogP) is 4.84. The molecule has 0 N–H and O–H groups in total. The van der Waals surface area contributed by atoms with E-state index in [1.54, 1.807) is 11.8 Å². The topological polar surface area (TPSA) is 30.7 Å². The minimum atomic E-state index is 0.371. The van der Waals surface area contributed by atoms with Crippen molar-refractivity contribution in [3.8, 4) is 0 Å². The highest BCUT2D eigenvalue weighted by Crippen LogP contribution is 2.37. The summed E-state index contributed by atoms with van der Waals surface area (Å²) < 4.78 is 2.09. The summed E-state index contributed by atoms with van der Waals surface area (Å²) >= 11 is 7.71. The summed E-state index contributed by atoms with van der Waals surface area (Å²) in [6.07, 6.45) is 1.04. The molecule has 108 valence electrons. The van der Waals surface area contributed by atoms with Gasteiger partial charge in [-0.1, -0.05) is 56.3 Å². The monoisotopic (exact) mass is 309 g/mol. The molecule has 1 unspecified atom stereocenters. The lowest BCUT2D eigenvalue weighted by Gasteiger charge is -2.14. The minimum Gasteiger partial charge on any atom is -0.309 e. The first kappa shape index (κ1) is 15.4. The van der Waals surface area contributed by atoms with E-state index in [0.717, 1.165) is 22.4 Å². The number of aromatic nitrogens is 3. The molecule has 1 atom stereocenters. The second-order valence-electron chi connectivity index (χ2n) is 5.12. The third-order valence-electron chi connectivity index (χ3n) is 3.25. The van der Waals surface area contributed by atoms with Gasteiger partial charge in [0.1, 0.15) is 5.82 Å². The smallest absolute Gasteiger partial charge is 0.191 e. The Kier molecular flexibility index (Phi) is 5.11. The second kappa shape index (κ2) is 6.64. The van der Waals surface area contributed by atoms with Crippen molar-refractivity contribution >= 4 is 23.4 Å². The number of thioether (sulfide) groups is 1. The van der Waals surface area contributed by atoms with Crippen LogP contribution >= 0.6 is 23.4 Å². The standard InChI is InChI=1S/C15H20ClN3S/c1-5-13(11-6-8-12(16)9-7-11)20-15-18-17-14(10(2)3)19(15)4/h6-10,13H,5H2,1-4H3. The molecule has 0 saturated heterocycles. The Hall–Kier alpha value is -1.00. The Morgan fingerprint density at radius 2 is 1.85 bits per heavy atom. The van der Waals surface area contributed by atoms with E-state index >= 15 is 0 Å². The first-order chi connectivity index (χ1) is 9.52. The lowest BCUT2D eigenvalue weighted by molar-refractivity contribution is 0.678. The highest BCUT2D eigenvalue weighted by atomic mass is 35.5. The molecule has 0 amide bonds. The molecule has 0 aliphatic heterocycles. The quantitative estimate of drug-likeness (QED) is 0.741. The molecule has 5 heteroatoms. The fourth-order valence-corrected chi connectivity index (χ4v) is 3.30. The van der Waals surface area contributed by atoms with Gasteiger partial charge >= 0.3 is 0 Å². The fraction of sp³-hybridized carbons (Fsp3) is 0.467. The number of rotatable bonds is 5. The molecule has 3 nitrogen and oxygen atoms in total. The number of hydrogen-bond acceptors (Lipinski definition) is 3. The van der Waals surface area contributed by atoms with Gasteiger partial charge in [0.15, 0.2) is 5.16 Å². The number of nitrogens with zero attached hydrogens (tertiary/aromatic N) is 3. The van der Waals surface area contributed by atoms with Gasteiger partial charge in [0.05, 0.1) is 0 Å². The molecule has 0 radical (unpaired) electrons. The van der Waals surface area contributed by atoms with Crippen LogP contribution in [-0.2, 0) is 7.05 Å². The molecule has 2 aromatic rings. The maximum atomic E-state index is 5.95. The van der Waals surface area contributed by atoms with E-state index in [9.17, 15) is 0 Å². The minimum absolute atomic E-state index is 0.371. The van der Waals surface area contributed by atoms with Crippen LogP contribution in [0.1, 0.15) is 49.7 Å². The van der Waals surface area contributed by atoms with Crippen LogP contribution in [0.5, 0.6) is 0 Å². The maximum absolute atomic E-state index is 5.95. The Morgan fingerprint density at radius 3 is 2.35 bits per heavy atom. The van der Waals surface area contributed by atoms with Crippen LogP contribution in [0.15, 0.2) is 29.4 Å². The van der Waals surface area contributed by atoms with E-state index in [0.29, 0.717) is 11.2 Å². The van der Waals surface area contributed by atoms with Crippen molar-refractivity contribution < 1.29 is 0 Å². The lowest BCUT2D eigenvalue weighted by atomic mass is 10.1. The van der Waals surface area contributed by atoms with Crippen molar-refractivity contribution in [3.05, 3.63) is 40.7 Å². The van der Waals surface area contributed by atoms with Gasteiger partial charge in [0, 0.05) is 23.2 Å². The van der Waals surface area contributed by atoms with Gasteiger partial charge in [-0.05, 0) is 24.1 Å². The van der Waals surface area contributed by atoms with Crippen molar-refractivity contribution in [2.75, 3.05) is 0 Å². The van der Waals surface area contributed by atoms with Crippen LogP contribution in [0.25, 0.3) is 0 Å². The van der Waals surface area contributed by atoms with Gasteiger partial charge < -0.3 is 4.57 Å². The van der Waals surface area contributed by atoms with E-state index in [-0.39, 0.29) is 0 Å². The summed E-state index contributed by atoms with van der Waals surface area (Å²) in [4.78, 5) is 0. The zero-order chi connectivity index (χ0) is 14.7. The molecular weight excluding hydrogens is 290 g/mol. The van der Waals surface area contributed by atoms with Crippen molar-refractivity contribution in [1.29, 1.82) is 0 Å². The van der Waals surface area contributed by atoms with Gasteiger partial charge in [-0.2, -0.15) is 0 Å². The first-order valence-electron chi connectivity index (χ1n) is 6.84. The Morgan fingerprint density at radius 1 is 1.20 bits per heavy atom. The average molecular weight is 310 g/mol. The molecule has 0 aliphatic rings. The third-order valence-corrected chi connectivity index (χ3v) is 4.95. The van der Waals surface area contributed by atoms with E-state index < -0.39 is 0 Å². The van der Waals surface area contributed by atoms with Crippen molar-refractivity contribution in [1.82, 2.24) is 14.8 Å². The normalized spacial score (nSPS) is 12.9. The van der Waals surface area contributed by atoms with E-state index in [2.05, 4.69) is 47.7 Å². The molecule has 0 spiro atoms. The van der Waals surface area contributed by atoms with Crippen LogP contribution in [0.2, 0.25) is 5.02 Å². The molecule has 0 fully saturated rings. The van der Waals surface area contributed by atoms with Gasteiger partial charge in [-0.15, -0.1) is 10.2 Å². The second-order valence-corrected chi connectivity index (χ2v) is 6.73. The molecule has 1 aromatic carbocycles. The van der Waals surface area contributed by atoms with Crippen LogP contribution in [0.3, 0.4) is 0 Å². The van der Waals surface area contributed by atoms with E-state index in [1.807, 2.05) is 19.2 Å². The summed E-state index contributed by atoms with van der Waals surface area (Å²) in [5.41, 5.74) is 1.27. The fourth-order valence-electron chi connectivity index (χ4n) is 2.12. The summed E-state index contributed by atoms with van der Waals surface area (Å²) in [6, 6.07) is 8.05. The largest absolute Gasteiger partial charge is 0.309 e. The molecule has 0 bridgehead atoms. The molecule has 0 saturated carbocycles. The van der Waals surface area contributed by atoms with Gasteiger partial charge in [-0.3, -0.25) is 0 Å². The SMILES string of the molecule is CCC(Sc1nnc(C(C)C)n1C)c1ccc(Cl)cc1. The van der Waals surface area contributed by atoms with Crippen LogP contribution in [0, 0.1) is 0 Å². The molecule has 1 heterocycles. The van der Waals surface area contributed by atoms with E-state index in [1.165, 1.54) is 5.56 Å². The summed E-state index contributed by atoms with van der Waals surface area (Å²) in [5.74, 6) is 1.41. The van der Waals surface area contributed by atoms with Crippen LogP contribution in [0.4, 0.5) is 0 Å².